The Kier molecular flexibility index (Phi) is 10.5. The molecule has 0 amide bonds. The lowest BCUT2D eigenvalue weighted by atomic mass is 9.78. The van der Waals surface area contributed by atoms with Crippen LogP contribution < -0.4 is 0 Å². The van der Waals surface area contributed by atoms with E-state index in [4.69, 9.17) is 6.57 Å². The van der Waals surface area contributed by atoms with Crippen LogP contribution in [0.1, 0.15) is 66.8 Å². The number of allylic oxidation sites excluding steroid dienone is 7. The molecule has 2 aliphatic rings. The minimum absolute atomic E-state index is 0.183. The van der Waals surface area contributed by atoms with Gasteiger partial charge in [-0.1, -0.05) is 24.3 Å². The molecule has 0 heterocycles. The van der Waals surface area contributed by atoms with Gasteiger partial charge in [-0.05, 0) is 99.6 Å². The number of halogens is 8. The number of benzene rings is 5. The average Bonchev–Trinajstić information content (AvgIpc) is 3.73. The van der Waals surface area contributed by atoms with E-state index in [1.165, 1.54) is 0 Å². The van der Waals surface area contributed by atoms with E-state index in [2.05, 4.69) is 4.85 Å². The molecular weight excluding hydrogens is 841 g/mol. The fourth-order valence-electron chi connectivity index (χ4n) is 7.66. The van der Waals surface area contributed by atoms with E-state index in [1.54, 1.807) is 42.5 Å². The highest BCUT2D eigenvalue weighted by Crippen LogP contribution is 2.61. The molecule has 0 saturated carbocycles. The van der Waals surface area contributed by atoms with Crippen LogP contribution in [0.15, 0.2) is 96.6 Å². The van der Waals surface area contributed by atoms with E-state index in [-0.39, 0.29) is 44.5 Å². The Bertz CT molecular complexity index is 3140. The van der Waals surface area contributed by atoms with Crippen molar-refractivity contribution in [3.63, 3.8) is 0 Å². The summed E-state index contributed by atoms with van der Waals surface area (Å²) >= 11 is 0. The third kappa shape index (κ3) is 6.83. The highest BCUT2D eigenvalue weighted by atomic mass is 19.4. The van der Waals surface area contributed by atoms with Crippen molar-refractivity contribution in [2.24, 2.45) is 0 Å². The minimum atomic E-state index is -4.91. The molecule has 2 aliphatic carbocycles. The summed E-state index contributed by atoms with van der Waals surface area (Å²) in [5.41, 5.74) is -12.1. The molecule has 0 radical (unpaired) electrons. The maximum Gasteiger partial charge on any atom is 0.416 e. The SMILES string of the molecule is [C-]#[N+]/C(=C1/C(F)=C(C#N)c2c1c(-c1ccc(C(F)(F)F)cc1)c1c(c2-c2ccc(C(F)(F)F)cc2)/C(=C(\C#N)c2cc(C#N)cc(C#N)c2)C(F)=C1C#N)c1cc(C#N)cc(C#N)c1. The van der Waals surface area contributed by atoms with Gasteiger partial charge in [0, 0.05) is 27.8 Å². The van der Waals surface area contributed by atoms with E-state index in [1.807, 2.05) is 0 Å². The van der Waals surface area contributed by atoms with Gasteiger partial charge >= 0.3 is 12.4 Å². The average molecular weight is 855 g/mol. The molecule has 0 aliphatic heterocycles. The zero-order valence-electron chi connectivity index (χ0n) is 31.7. The highest BCUT2D eigenvalue weighted by molar-refractivity contribution is 6.25. The lowest BCUT2D eigenvalue weighted by Crippen LogP contribution is -2.07. The van der Waals surface area contributed by atoms with Crippen LogP contribution in [-0.2, 0) is 12.4 Å². The standard InChI is InChI=1S/C48H14F8N8/c1-64-46(30-14-25(18-59)11-26(15-30)19-60)43-42-37(28-4-8-32(9-5-28)48(54,55)56)38-34(21-62)44(49)40(33(20-61)29-12-23(16-57)10-24(13-29)17-58)41(38)36(39(42)35(22-63)45(43)50)27-2-6-31(7-3-27)47(51,52)53/h2-15H/b40-33-,46-43+. The number of nitrogens with zero attached hydrogens (tertiary/aromatic N) is 8. The normalized spacial score (nSPS) is 14.4. The molecule has 7 rings (SSSR count). The predicted octanol–water partition coefficient (Wildman–Crippen LogP) is 12.2. The summed E-state index contributed by atoms with van der Waals surface area (Å²) in [5.74, 6) is -2.94. The number of hydrogen-bond acceptors (Lipinski definition) is 7. The molecule has 0 aromatic heterocycles. The quantitative estimate of drug-likeness (QED) is 0.0983. The van der Waals surface area contributed by atoms with Gasteiger partial charge in [0.1, 0.15) is 24.0 Å². The number of rotatable bonds is 4. The summed E-state index contributed by atoms with van der Waals surface area (Å²) in [5, 5.41) is 71.2. The van der Waals surface area contributed by atoms with Gasteiger partial charge in [-0.15, -0.1) is 0 Å². The minimum Gasteiger partial charge on any atom is -0.237 e. The van der Waals surface area contributed by atoms with E-state index in [0.29, 0.717) is 24.3 Å². The van der Waals surface area contributed by atoms with Gasteiger partial charge < -0.3 is 0 Å². The summed E-state index contributed by atoms with van der Waals surface area (Å²) in [6.07, 6.45) is -9.82. The number of fused-ring (bicyclic) bond motifs is 2. The largest absolute Gasteiger partial charge is 0.416 e. The van der Waals surface area contributed by atoms with Gasteiger partial charge in [-0.25, -0.2) is 13.6 Å². The Morgan fingerprint density at radius 1 is 0.453 bits per heavy atom. The molecule has 0 N–H and O–H groups in total. The maximum atomic E-state index is 17.5. The van der Waals surface area contributed by atoms with Crippen molar-refractivity contribution in [1.82, 2.24) is 0 Å². The van der Waals surface area contributed by atoms with Gasteiger partial charge in [0.15, 0.2) is 5.83 Å². The second kappa shape index (κ2) is 15.8. The molecule has 0 fully saturated rings. The lowest BCUT2D eigenvalue weighted by molar-refractivity contribution is -0.138. The summed E-state index contributed by atoms with van der Waals surface area (Å²) < 4.78 is 119. The Balaban J connectivity index is 1.82. The third-order valence-corrected chi connectivity index (χ3v) is 10.3. The second-order valence-corrected chi connectivity index (χ2v) is 13.7. The van der Waals surface area contributed by atoms with Gasteiger partial charge in [0.05, 0.1) is 80.9 Å². The summed E-state index contributed by atoms with van der Waals surface area (Å²) in [6, 6.07) is 25.0. The zero-order chi connectivity index (χ0) is 46.4. The van der Waals surface area contributed by atoms with Gasteiger partial charge in [-0.2, -0.15) is 63.2 Å². The van der Waals surface area contributed by atoms with E-state index < -0.39 is 102 Å². The Labute approximate surface area is 356 Å². The molecule has 302 valence electrons. The second-order valence-electron chi connectivity index (χ2n) is 13.7. The molecule has 5 aromatic rings. The van der Waals surface area contributed by atoms with Gasteiger partial charge in [-0.3, -0.25) is 0 Å². The van der Waals surface area contributed by atoms with Crippen LogP contribution in [-0.4, -0.2) is 0 Å². The first-order chi connectivity index (χ1) is 30.5. The molecule has 8 nitrogen and oxygen atoms in total. The number of hydrogen-bond donors (Lipinski definition) is 0. The first-order valence-electron chi connectivity index (χ1n) is 17.9. The van der Waals surface area contributed by atoms with Crippen LogP contribution in [0.5, 0.6) is 0 Å². The van der Waals surface area contributed by atoms with Crippen LogP contribution in [0.3, 0.4) is 0 Å². The van der Waals surface area contributed by atoms with E-state index in [0.717, 1.165) is 60.7 Å². The number of alkyl halides is 6. The number of nitriles is 7. The monoisotopic (exact) mass is 854 g/mol. The molecule has 5 aromatic carbocycles. The summed E-state index contributed by atoms with van der Waals surface area (Å²) in [6.45, 7) is 8.27. The van der Waals surface area contributed by atoms with Gasteiger partial charge in [0.25, 0.3) is 0 Å². The summed E-state index contributed by atoms with van der Waals surface area (Å²) in [7, 11) is 0. The molecule has 0 bridgehead atoms. The lowest BCUT2D eigenvalue weighted by Gasteiger charge is -2.24. The predicted molar refractivity (Wildman–Crippen MR) is 212 cm³/mol. The van der Waals surface area contributed by atoms with Crippen LogP contribution in [0.4, 0.5) is 35.1 Å². The molecule has 0 unspecified atom stereocenters. The molecule has 64 heavy (non-hydrogen) atoms. The van der Waals surface area contributed by atoms with Crippen molar-refractivity contribution >= 4 is 33.6 Å². The zero-order valence-corrected chi connectivity index (χ0v) is 31.7. The van der Waals surface area contributed by atoms with Crippen molar-refractivity contribution in [2.45, 2.75) is 12.4 Å². The van der Waals surface area contributed by atoms with Crippen LogP contribution >= 0.6 is 0 Å². The van der Waals surface area contributed by atoms with Crippen molar-refractivity contribution in [3.8, 4) is 64.7 Å². The van der Waals surface area contributed by atoms with Crippen LogP contribution in [0, 0.1) is 85.9 Å². The first kappa shape index (κ1) is 42.5. The Morgan fingerprint density at radius 3 is 1.14 bits per heavy atom. The topological polar surface area (TPSA) is 171 Å². The molecule has 0 saturated heterocycles. The maximum absolute atomic E-state index is 17.5. The van der Waals surface area contributed by atoms with Crippen molar-refractivity contribution < 1.29 is 35.1 Å². The smallest absolute Gasteiger partial charge is 0.237 e. The van der Waals surface area contributed by atoms with Crippen LogP contribution in [0.25, 0.3) is 60.7 Å². The van der Waals surface area contributed by atoms with Crippen molar-refractivity contribution in [1.29, 1.82) is 36.8 Å². The van der Waals surface area contributed by atoms with Crippen molar-refractivity contribution in [3.05, 3.63) is 175 Å². The molecule has 0 atom stereocenters. The van der Waals surface area contributed by atoms with Crippen LogP contribution in [0.2, 0.25) is 0 Å². The van der Waals surface area contributed by atoms with E-state index >= 15 is 8.78 Å². The Morgan fingerprint density at radius 2 is 0.812 bits per heavy atom. The molecular formula is C48H14F8N8. The molecule has 0 spiro atoms. The third-order valence-electron chi connectivity index (χ3n) is 10.3. The van der Waals surface area contributed by atoms with Gasteiger partial charge in [0.2, 0.25) is 5.70 Å². The summed E-state index contributed by atoms with van der Waals surface area (Å²) in [4.78, 5) is 3.51. The first-order valence-corrected chi connectivity index (χ1v) is 17.9. The highest BCUT2D eigenvalue weighted by Gasteiger charge is 2.44. The molecule has 16 heteroatoms. The van der Waals surface area contributed by atoms with Crippen molar-refractivity contribution in [2.75, 3.05) is 0 Å². The van der Waals surface area contributed by atoms with E-state index in [9.17, 15) is 63.2 Å². The fraction of sp³-hybridized carbons (Fsp3) is 0.0417. The fourth-order valence-corrected chi connectivity index (χ4v) is 7.66. The Hall–Kier alpha value is -9.58.